The second kappa shape index (κ2) is 9.36. The molecule has 1 aliphatic rings. The molecule has 0 atom stereocenters. The lowest BCUT2D eigenvalue weighted by molar-refractivity contribution is 0.0784. The number of nitrogens with zero attached hydrogens (tertiary/aromatic N) is 2. The van der Waals surface area contributed by atoms with Crippen LogP contribution in [0, 0.1) is 19.7 Å². The summed E-state index contributed by atoms with van der Waals surface area (Å²) in [7, 11) is 0. The average Bonchev–Trinajstić information content (AvgIpc) is 3.33. The second-order valence-electron chi connectivity index (χ2n) is 11.3. The molecule has 1 aromatic heterocycles. The molecule has 0 radical (unpaired) electrons. The standard InChI is InChI=1S/C34H30FN3O4/c1-17-14-20(34(3,4)42)15-19-16-25-23(31(36)39)13-12-22(29(25)28(17)19)21-8-7-11-27(18(21)2)38-32(40)24-9-6-10-26(35)30(24)37(5)33(38)41/h6-15,42H,16H2,1-5H3,(H2,36,39)/i5D3. The van der Waals surface area contributed by atoms with Crippen LogP contribution in [0.2, 0.25) is 0 Å². The van der Waals surface area contributed by atoms with Gasteiger partial charge in [0.2, 0.25) is 5.91 Å². The van der Waals surface area contributed by atoms with Gasteiger partial charge in [0.1, 0.15) is 5.82 Å². The van der Waals surface area contributed by atoms with Gasteiger partial charge in [-0.15, -0.1) is 0 Å². The first-order chi connectivity index (χ1) is 21.0. The number of halogens is 1. The van der Waals surface area contributed by atoms with E-state index in [-0.39, 0.29) is 11.1 Å². The van der Waals surface area contributed by atoms with Crippen LogP contribution in [0.25, 0.3) is 38.8 Å². The molecule has 0 bridgehead atoms. The number of carbonyl (C=O) groups excluding carboxylic acids is 1. The van der Waals surface area contributed by atoms with E-state index >= 15 is 0 Å². The molecule has 1 heterocycles. The molecule has 0 spiro atoms. The van der Waals surface area contributed by atoms with Gasteiger partial charge in [0.25, 0.3) is 5.56 Å². The van der Waals surface area contributed by atoms with E-state index in [1.165, 1.54) is 18.2 Å². The topological polar surface area (TPSA) is 107 Å². The zero-order chi connectivity index (χ0) is 32.7. The maximum absolute atomic E-state index is 14.9. The Hall–Kier alpha value is -4.82. The molecule has 212 valence electrons. The van der Waals surface area contributed by atoms with E-state index in [1.807, 2.05) is 25.1 Å². The first-order valence-corrected chi connectivity index (χ1v) is 13.4. The average molecular weight is 567 g/mol. The molecule has 0 aliphatic heterocycles. The van der Waals surface area contributed by atoms with Crippen molar-refractivity contribution in [3.63, 3.8) is 0 Å². The van der Waals surface area contributed by atoms with E-state index in [0.29, 0.717) is 33.2 Å². The lowest BCUT2D eigenvalue weighted by atomic mass is 9.86. The Bertz CT molecular complexity index is 2230. The highest BCUT2D eigenvalue weighted by molar-refractivity contribution is 6.02. The number of amides is 1. The van der Waals surface area contributed by atoms with Crippen LogP contribution in [0.3, 0.4) is 0 Å². The summed E-state index contributed by atoms with van der Waals surface area (Å²) < 4.78 is 40.0. The van der Waals surface area contributed by atoms with Crippen molar-refractivity contribution in [2.75, 3.05) is 0 Å². The van der Waals surface area contributed by atoms with Crippen molar-refractivity contribution in [3.8, 4) is 27.9 Å². The van der Waals surface area contributed by atoms with Crippen molar-refractivity contribution < 1.29 is 18.4 Å². The molecule has 42 heavy (non-hydrogen) atoms. The Balaban J connectivity index is 1.67. The van der Waals surface area contributed by atoms with Crippen LogP contribution < -0.4 is 17.0 Å². The molecule has 4 aromatic carbocycles. The summed E-state index contributed by atoms with van der Waals surface area (Å²) in [6.07, 6.45) is 0.402. The maximum atomic E-state index is 14.9. The number of aliphatic hydroxyl groups is 1. The minimum atomic E-state index is -3.08. The third-order valence-electron chi connectivity index (χ3n) is 8.18. The van der Waals surface area contributed by atoms with Gasteiger partial charge in [0.05, 0.1) is 22.2 Å². The van der Waals surface area contributed by atoms with Gasteiger partial charge < -0.3 is 10.8 Å². The highest BCUT2D eigenvalue weighted by atomic mass is 19.1. The molecular weight excluding hydrogens is 533 g/mol. The minimum Gasteiger partial charge on any atom is -0.386 e. The number of hydrogen-bond donors (Lipinski definition) is 2. The van der Waals surface area contributed by atoms with Crippen LogP contribution >= 0.6 is 0 Å². The fourth-order valence-electron chi connectivity index (χ4n) is 6.16. The molecule has 6 rings (SSSR count). The number of primary amides is 1. The molecular formula is C34H30FN3O4. The summed E-state index contributed by atoms with van der Waals surface area (Å²) in [5.41, 5.74) is 9.28. The number of para-hydroxylation sites is 1. The van der Waals surface area contributed by atoms with Crippen molar-refractivity contribution in [2.45, 2.75) is 39.7 Å². The van der Waals surface area contributed by atoms with Crippen LogP contribution in [-0.4, -0.2) is 20.1 Å². The predicted octanol–water partition coefficient (Wildman–Crippen LogP) is 5.01. The summed E-state index contributed by atoms with van der Waals surface area (Å²) in [6.45, 7) is 3.97. The quantitative estimate of drug-likeness (QED) is 0.313. The van der Waals surface area contributed by atoms with Gasteiger partial charge in [-0.25, -0.2) is 13.8 Å². The molecule has 0 saturated carbocycles. The summed E-state index contributed by atoms with van der Waals surface area (Å²) >= 11 is 0. The van der Waals surface area contributed by atoms with E-state index in [1.54, 1.807) is 39.0 Å². The minimum absolute atomic E-state index is 0.131. The Labute approximate surface area is 245 Å². The Morgan fingerprint density at radius 2 is 1.76 bits per heavy atom. The van der Waals surface area contributed by atoms with Crippen molar-refractivity contribution in [1.29, 1.82) is 0 Å². The largest absolute Gasteiger partial charge is 0.386 e. The summed E-state index contributed by atoms with van der Waals surface area (Å²) in [5, 5.41) is 10.5. The first kappa shape index (κ1) is 23.8. The normalized spacial score (nSPS) is 13.8. The molecule has 3 N–H and O–H groups in total. The molecule has 1 amide bonds. The van der Waals surface area contributed by atoms with E-state index in [0.717, 1.165) is 44.0 Å². The summed E-state index contributed by atoms with van der Waals surface area (Å²) in [4.78, 5) is 40.0. The van der Waals surface area contributed by atoms with Crippen LogP contribution in [0.1, 0.15) is 56.1 Å². The number of aryl methyl sites for hydroxylation is 2. The molecule has 1 aliphatic carbocycles. The van der Waals surface area contributed by atoms with E-state index in [2.05, 4.69) is 0 Å². The molecule has 0 saturated heterocycles. The smallest absolute Gasteiger partial charge is 0.335 e. The fourth-order valence-corrected chi connectivity index (χ4v) is 6.16. The highest BCUT2D eigenvalue weighted by Crippen LogP contribution is 2.48. The van der Waals surface area contributed by atoms with Gasteiger partial charge in [-0.05, 0) is 108 Å². The Kier molecular flexibility index (Phi) is 5.31. The van der Waals surface area contributed by atoms with E-state index in [4.69, 9.17) is 9.85 Å². The van der Waals surface area contributed by atoms with Crippen molar-refractivity contribution >= 4 is 16.8 Å². The van der Waals surface area contributed by atoms with Gasteiger partial charge in [0.15, 0.2) is 0 Å². The predicted molar refractivity (Wildman–Crippen MR) is 162 cm³/mol. The fraction of sp³-hybridized carbons (Fsp3) is 0.206. The highest BCUT2D eigenvalue weighted by Gasteiger charge is 2.31. The van der Waals surface area contributed by atoms with Gasteiger partial charge in [-0.2, -0.15) is 0 Å². The third-order valence-corrected chi connectivity index (χ3v) is 8.18. The van der Waals surface area contributed by atoms with E-state index in [9.17, 15) is 23.9 Å². The molecule has 0 fully saturated rings. The van der Waals surface area contributed by atoms with Gasteiger partial charge in [-0.3, -0.25) is 14.2 Å². The second-order valence-corrected chi connectivity index (χ2v) is 11.3. The number of carbonyl (C=O) groups is 1. The van der Waals surface area contributed by atoms with Crippen molar-refractivity contribution in [2.24, 2.45) is 12.7 Å². The number of benzene rings is 4. The number of rotatable bonds is 4. The van der Waals surface area contributed by atoms with Crippen LogP contribution in [0.15, 0.2) is 70.3 Å². The molecule has 8 heteroatoms. The SMILES string of the molecule is [2H]C([2H])([2H])n1c(=O)n(-c2cccc(-c3ccc(C(N)=O)c4c3-c3c(C)cc(C(C)(C)O)cc3C4)c2C)c(=O)c2cccc(F)c21. The maximum Gasteiger partial charge on any atom is 0.335 e. The van der Waals surface area contributed by atoms with Crippen LogP contribution in [0.4, 0.5) is 4.39 Å². The number of aromatic nitrogens is 2. The zero-order valence-corrected chi connectivity index (χ0v) is 23.5. The van der Waals surface area contributed by atoms with Gasteiger partial charge in [0, 0.05) is 16.7 Å². The van der Waals surface area contributed by atoms with Crippen LogP contribution in [-0.2, 0) is 19.0 Å². The van der Waals surface area contributed by atoms with Crippen molar-refractivity contribution in [1.82, 2.24) is 9.13 Å². The zero-order valence-electron chi connectivity index (χ0n) is 26.5. The Morgan fingerprint density at radius 1 is 1.02 bits per heavy atom. The number of nitrogens with two attached hydrogens (primary N) is 1. The third kappa shape index (κ3) is 3.94. The molecule has 7 nitrogen and oxygen atoms in total. The van der Waals surface area contributed by atoms with Gasteiger partial charge in [-0.1, -0.05) is 36.4 Å². The number of fused-ring (bicyclic) bond motifs is 4. The molecule has 0 unspecified atom stereocenters. The van der Waals surface area contributed by atoms with E-state index < -0.39 is 41.1 Å². The lowest BCUT2D eigenvalue weighted by Crippen LogP contribution is -2.38. The lowest BCUT2D eigenvalue weighted by Gasteiger charge is -2.21. The van der Waals surface area contributed by atoms with Crippen molar-refractivity contribution in [3.05, 3.63) is 121 Å². The number of hydrogen-bond acceptors (Lipinski definition) is 4. The van der Waals surface area contributed by atoms with Crippen LogP contribution in [0.5, 0.6) is 0 Å². The summed E-state index contributed by atoms with van der Waals surface area (Å²) in [5.74, 6) is -1.58. The Morgan fingerprint density at radius 3 is 2.45 bits per heavy atom. The monoisotopic (exact) mass is 566 g/mol. The molecule has 5 aromatic rings. The van der Waals surface area contributed by atoms with Gasteiger partial charge >= 0.3 is 5.69 Å². The summed E-state index contributed by atoms with van der Waals surface area (Å²) in [6, 6.07) is 15.8. The first-order valence-electron chi connectivity index (χ1n) is 14.9.